The Hall–Kier alpha value is -2.02. The first-order valence-electron chi connectivity index (χ1n) is 4.92. The van der Waals surface area contributed by atoms with Crippen LogP contribution in [0.25, 0.3) is 11.4 Å². The Kier molecular flexibility index (Phi) is 3.24. The van der Waals surface area contributed by atoms with Gasteiger partial charge in [-0.15, -0.1) is 21.8 Å². The molecule has 8 heteroatoms. The summed E-state index contributed by atoms with van der Waals surface area (Å²) >= 11 is 5.64. The number of non-ortho nitro benzene ring substituents is 1. The second-order valence-electron chi connectivity index (χ2n) is 3.59. The second kappa shape index (κ2) is 4.69. The summed E-state index contributed by atoms with van der Waals surface area (Å²) in [6.07, 6.45) is 0. The Morgan fingerprint density at radius 3 is 2.72 bits per heavy atom. The molecule has 0 N–H and O–H groups in total. The van der Waals surface area contributed by atoms with E-state index in [0.717, 1.165) is 12.1 Å². The summed E-state index contributed by atoms with van der Waals surface area (Å²) in [5.74, 6) is 0.280. The van der Waals surface area contributed by atoms with E-state index in [2.05, 4.69) is 10.2 Å². The molecular weight excluding hydrogens is 263 g/mol. The summed E-state index contributed by atoms with van der Waals surface area (Å²) in [5.41, 5.74) is -0.0477. The zero-order valence-electron chi connectivity index (χ0n) is 9.30. The molecule has 1 aromatic carbocycles. The van der Waals surface area contributed by atoms with Gasteiger partial charge < -0.3 is 4.57 Å². The second-order valence-corrected chi connectivity index (χ2v) is 3.85. The number of nitro groups is 1. The first-order valence-corrected chi connectivity index (χ1v) is 5.46. The quantitative estimate of drug-likeness (QED) is 0.487. The van der Waals surface area contributed by atoms with Crippen molar-refractivity contribution in [2.75, 3.05) is 0 Å². The summed E-state index contributed by atoms with van der Waals surface area (Å²) in [7, 11) is 1.66. The maximum absolute atomic E-state index is 13.3. The lowest BCUT2D eigenvalue weighted by atomic mass is 10.2. The van der Waals surface area contributed by atoms with Crippen molar-refractivity contribution < 1.29 is 9.31 Å². The molecule has 1 aromatic heterocycles. The van der Waals surface area contributed by atoms with Crippen molar-refractivity contribution in [3.8, 4) is 11.4 Å². The Balaban J connectivity index is 2.56. The number of rotatable bonds is 3. The molecule has 0 saturated carbocycles. The van der Waals surface area contributed by atoms with Crippen LogP contribution in [-0.2, 0) is 12.9 Å². The van der Waals surface area contributed by atoms with Gasteiger partial charge in [0.2, 0.25) is 0 Å². The van der Waals surface area contributed by atoms with E-state index in [4.69, 9.17) is 11.6 Å². The highest BCUT2D eigenvalue weighted by atomic mass is 35.5. The average Bonchev–Trinajstić information content (AvgIpc) is 2.69. The van der Waals surface area contributed by atoms with E-state index in [1.165, 1.54) is 6.07 Å². The zero-order chi connectivity index (χ0) is 13.3. The number of benzene rings is 1. The topological polar surface area (TPSA) is 73.8 Å². The Labute approximate surface area is 106 Å². The van der Waals surface area contributed by atoms with Crippen molar-refractivity contribution in [1.29, 1.82) is 0 Å². The molecule has 6 nitrogen and oxygen atoms in total. The van der Waals surface area contributed by atoms with Crippen LogP contribution < -0.4 is 0 Å². The van der Waals surface area contributed by atoms with Gasteiger partial charge in [-0.1, -0.05) is 0 Å². The molecule has 0 radical (unpaired) electrons. The number of alkyl halides is 1. The molecule has 0 saturated heterocycles. The molecule has 94 valence electrons. The molecule has 0 unspecified atom stereocenters. The van der Waals surface area contributed by atoms with Gasteiger partial charge in [0.1, 0.15) is 11.6 Å². The lowest BCUT2D eigenvalue weighted by Gasteiger charge is -2.02. The fourth-order valence-corrected chi connectivity index (χ4v) is 1.77. The molecule has 0 aliphatic rings. The number of hydrogen-bond acceptors (Lipinski definition) is 4. The molecule has 0 amide bonds. The van der Waals surface area contributed by atoms with Crippen molar-refractivity contribution in [2.24, 2.45) is 7.05 Å². The molecule has 1 heterocycles. The van der Waals surface area contributed by atoms with Crippen molar-refractivity contribution in [1.82, 2.24) is 14.8 Å². The third kappa shape index (κ3) is 2.17. The molecule has 0 aliphatic heterocycles. The van der Waals surface area contributed by atoms with Crippen molar-refractivity contribution in [3.05, 3.63) is 40.0 Å². The van der Waals surface area contributed by atoms with E-state index >= 15 is 0 Å². The third-order valence-corrected chi connectivity index (χ3v) is 2.68. The predicted molar refractivity (Wildman–Crippen MR) is 62.6 cm³/mol. The highest BCUT2D eigenvalue weighted by molar-refractivity contribution is 6.16. The summed E-state index contributed by atoms with van der Waals surface area (Å²) in [6, 6.07) is 3.25. The fourth-order valence-electron chi connectivity index (χ4n) is 1.54. The fraction of sp³-hybridized carbons (Fsp3) is 0.200. The van der Waals surface area contributed by atoms with Gasteiger partial charge in [-0.05, 0) is 6.07 Å². The van der Waals surface area contributed by atoms with E-state index in [-0.39, 0.29) is 17.1 Å². The molecule has 18 heavy (non-hydrogen) atoms. The normalized spacial score (nSPS) is 10.6. The van der Waals surface area contributed by atoms with Gasteiger partial charge in [0.05, 0.1) is 16.9 Å². The average molecular weight is 271 g/mol. The van der Waals surface area contributed by atoms with Crippen LogP contribution in [0.15, 0.2) is 18.2 Å². The molecule has 0 spiro atoms. The lowest BCUT2D eigenvalue weighted by molar-refractivity contribution is -0.385. The molecule has 0 atom stereocenters. The maximum Gasteiger partial charge on any atom is 0.273 e. The summed E-state index contributed by atoms with van der Waals surface area (Å²) in [6.45, 7) is 0. The Morgan fingerprint density at radius 2 is 2.17 bits per heavy atom. The molecule has 2 aromatic rings. The highest BCUT2D eigenvalue weighted by Gasteiger charge is 2.15. The van der Waals surface area contributed by atoms with Crippen molar-refractivity contribution in [3.63, 3.8) is 0 Å². The van der Waals surface area contributed by atoms with E-state index in [1.807, 2.05) is 0 Å². The van der Waals surface area contributed by atoms with Gasteiger partial charge in [-0.2, -0.15) is 0 Å². The van der Waals surface area contributed by atoms with E-state index in [1.54, 1.807) is 11.6 Å². The molecular formula is C10H8ClFN4O2. The minimum absolute atomic E-state index is 0.154. The first-order chi connectivity index (χ1) is 8.52. The van der Waals surface area contributed by atoms with E-state index < -0.39 is 10.7 Å². The van der Waals surface area contributed by atoms with Crippen LogP contribution in [-0.4, -0.2) is 19.7 Å². The third-order valence-electron chi connectivity index (χ3n) is 2.44. The van der Waals surface area contributed by atoms with Gasteiger partial charge in [-0.3, -0.25) is 10.1 Å². The largest absolute Gasteiger partial charge is 0.313 e. The number of halogens is 2. The Bertz CT molecular complexity index is 614. The minimum atomic E-state index is -0.699. The Morgan fingerprint density at radius 1 is 1.44 bits per heavy atom. The lowest BCUT2D eigenvalue weighted by Crippen LogP contribution is -1.98. The van der Waals surface area contributed by atoms with Gasteiger partial charge in [0, 0.05) is 18.7 Å². The molecule has 0 bridgehead atoms. The number of aromatic nitrogens is 3. The first kappa shape index (κ1) is 12.4. The smallest absolute Gasteiger partial charge is 0.273 e. The van der Waals surface area contributed by atoms with Gasteiger partial charge in [0.25, 0.3) is 5.69 Å². The van der Waals surface area contributed by atoms with Crippen LogP contribution in [0.5, 0.6) is 0 Å². The highest BCUT2D eigenvalue weighted by Crippen LogP contribution is 2.24. The molecule has 2 rings (SSSR count). The van der Waals surface area contributed by atoms with Gasteiger partial charge >= 0.3 is 0 Å². The summed E-state index contributed by atoms with van der Waals surface area (Å²) in [5, 5.41) is 18.3. The van der Waals surface area contributed by atoms with Gasteiger partial charge in [-0.25, -0.2) is 4.39 Å². The maximum atomic E-state index is 13.3. The van der Waals surface area contributed by atoms with Crippen LogP contribution in [0.3, 0.4) is 0 Å². The van der Waals surface area contributed by atoms with E-state index in [9.17, 15) is 14.5 Å². The van der Waals surface area contributed by atoms with Crippen LogP contribution in [0.4, 0.5) is 10.1 Å². The number of hydrogen-bond donors (Lipinski definition) is 0. The molecule has 0 aliphatic carbocycles. The number of nitrogens with zero attached hydrogens (tertiary/aromatic N) is 4. The standard InChI is InChI=1S/C10H8ClFN4O2/c1-15-9(5-11)13-14-10(15)6-2-7(12)4-8(3-6)16(17)18/h2-4H,5H2,1H3. The molecule has 0 fully saturated rings. The van der Waals surface area contributed by atoms with Crippen molar-refractivity contribution in [2.45, 2.75) is 5.88 Å². The predicted octanol–water partition coefficient (Wildman–Crippen LogP) is 2.27. The van der Waals surface area contributed by atoms with Crippen LogP contribution in [0.2, 0.25) is 0 Å². The monoisotopic (exact) mass is 270 g/mol. The van der Waals surface area contributed by atoms with E-state index in [0.29, 0.717) is 11.6 Å². The number of nitro benzene ring substituents is 1. The zero-order valence-corrected chi connectivity index (χ0v) is 10.1. The van der Waals surface area contributed by atoms with Crippen LogP contribution in [0.1, 0.15) is 5.82 Å². The summed E-state index contributed by atoms with van der Waals surface area (Å²) in [4.78, 5) is 10.00. The summed E-state index contributed by atoms with van der Waals surface area (Å²) < 4.78 is 14.9. The minimum Gasteiger partial charge on any atom is -0.313 e. The van der Waals surface area contributed by atoms with Crippen LogP contribution >= 0.6 is 11.6 Å². The van der Waals surface area contributed by atoms with Crippen LogP contribution in [0, 0.1) is 15.9 Å². The SMILES string of the molecule is Cn1c(CCl)nnc1-c1cc(F)cc([N+](=O)[O-])c1. The van der Waals surface area contributed by atoms with Crippen molar-refractivity contribution >= 4 is 17.3 Å². The van der Waals surface area contributed by atoms with Gasteiger partial charge in [0.15, 0.2) is 5.82 Å².